The van der Waals surface area contributed by atoms with E-state index >= 15 is 0 Å². The molecule has 10 heteroatoms. The van der Waals surface area contributed by atoms with E-state index in [9.17, 15) is 14.7 Å². The van der Waals surface area contributed by atoms with Crippen molar-refractivity contribution < 1.29 is 38.4 Å². The van der Waals surface area contributed by atoms with Crippen molar-refractivity contribution in [2.75, 3.05) is 72.9 Å². The number of hydrogen-bond donors (Lipinski definition) is 3. The molecule has 0 radical (unpaired) electrons. The van der Waals surface area contributed by atoms with E-state index in [1.54, 1.807) is 21.0 Å². The lowest BCUT2D eigenvalue weighted by Gasteiger charge is -2.16. The summed E-state index contributed by atoms with van der Waals surface area (Å²) in [5, 5.41) is 15.9. The molecule has 0 fully saturated rings. The summed E-state index contributed by atoms with van der Waals surface area (Å²) < 4.78 is 26.0. The van der Waals surface area contributed by atoms with Crippen LogP contribution in [0.25, 0.3) is 0 Å². The summed E-state index contributed by atoms with van der Waals surface area (Å²) >= 11 is 0. The molecular weight excluding hydrogens is 408 g/mol. The second-order valence-corrected chi connectivity index (χ2v) is 6.90. The van der Waals surface area contributed by atoms with Gasteiger partial charge in [0.15, 0.2) is 0 Å². The molecule has 0 saturated heterocycles. The number of nitrogens with one attached hydrogen (secondary N) is 2. The number of methoxy groups -OCH3 is 1. The number of carbonyl (C=O) groups excluding carboxylic acids is 2. The van der Waals surface area contributed by atoms with Crippen molar-refractivity contribution in [3.05, 3.63) is 24.3 Å². The number of aliphatic hydroxyl groups excluding tert-OH is 1. The molecule has 2 atom stereocenters. The quantitative estimate of drug-likeness (QED) is 0.132. The third kappa shape index (κ3) is 17.5. The highest BCUT2D eigenvalue weighted by Crippen LogP contribution is 1.96. The maximum atomic E-state index is 11.4. The molecule has 3 N–H and O–H groups in total. The lowest BCUT2D eigenvalue weighted by Crippen LogP contribution is -2.34. The zero-order valence-electron chi connectivity index (χ0n) is 18.9. The first-order chi connectivity index (χ1) is 14.8. The molecule has 0 spiro atoms. The maximum Gasteiger partial charge on any atom is 0.333 e. The minimum Gasteiger partial charge on any atom is -0.460 e. The Hall–Kier alpha value is -1.82. The number of carbonyl (C=O) groups is 2. The second-order valence-electron chi connectivity index (χ2n) is 6.90. The van der Waals surface area contributed by atoms with Gasteiger partial charge in [0.2, 0.25) is 0 Å². The van der Waals surface area contributed by atoms with Crippen LogP contribution >= 0.6 is 0 Å². The Labute approximate surface area is 184 Å². The van der Waals surface area contributed by atoms with Crippen LogP contribution in [0.3, 0.4) is 0 Å². The van der Waals surface area contributed by atoms with E-state index in [0.29, 0.717) is 63.8 Å². The van der Waals surface area contributed by atoms with Gasteiger partial charge >= 0.3 is 11.9 Å². The predicted octanol–water partition coefficient (Wildman–Crippen LogP) is -0.187. The molecule has 10 nitrogen and oxygen atoms in total. The van der Waals surface area contributed by atoms with Crippen molar-refractivity contribution in [2.45, 2.75) is 26.1 Å². The third-order valence-corrected chi connectivity index (χ3v) is 3.81. The molecule has 0 aliphatic carbocycles. The summed E-state index contributed by atoms with van der Waals surface area (Å²) in [5.74, 6) is -0.943. The molecule has 0 aliphatic heterocycles. The Morgan fingerprint density at radius 3 is 1.81 bits per heavy atom. The fraction of sp³-hybridized carbons (Fsp3) is 0.714. The highest BCUT2D eigenvalue weighted by Gasteiger charge is 2.11. The Kier molecular flexibility index (Phi) is 17.8. The van der Waals surface area contributed by atoms with Crippen LogP contribution in [0.5, 0.6) is 0 Å². The largest absolute Gasteiger partial charge is 0.460 e. The first-order valence-corrected chi connectivity index (χ1v) is 10.2. The van der Waals surface area contributed by atoms with Crippen LogP contribution in [0.15, 0.2) is 24.3 Å². The zero-order chi connectivity index (χ0) is 23.5. The first kappa shape index (κ1) is 29.2. The number of esters is 2. The maximum absolute atomic E-state index is 11.4. The Morgan fingerprint density at radius 1 is 0.839 bits per heavy atom. The van der Waals surface area contributed by atoms with Crippen molar-refractivity contribution in [1.29, 1.82) is 0 Å². The van der Waals surface area contributed by atoms with Crippen LogP contribution in [-0.4, -0.2) is 102 Å². The average molecular weight is 447 g/mol. The van der Waals surface area contributed by atoms with Crippen LogP contribution in [0.1, 0.15) is 13.8 Å². The van der Waals surface area contributed by atoms with E-state index in [1.807, 2.05) is 0 Å². The minimum absolute atomic E-state index is 0.0772. The summed E-state index contributed by atoms with van der Waals surface area (Å²) in [5.41, 5.74) is 0.653. The molecular formula is C21H38N2O8. The third-order valence-electron chi connectivity index (χ3n) is 3.81. The molecule has 0 amide bonds. The Balaban J connectivity index is 3.46. The SMILES string of the molecule is C=C(C)C(=O)OCC(O)CNCCOCCOCCNCC(COC(=O)C(=C)C)OC. The first-order valence-electron chi connectivity index (χ1n) is 10.2. The van der Waals surface area contributed by atoms with Gasteiger partial charge in [-0.15, -0.1) is 0 Å². The highest BCUT2D eigenvalue weighted by molar-refractivity contribution is 5.87. The van der Waals surface area contributed by atoms with Crippen molar-refractivity contribution in [2.24, 2.45) is 0 Å². The number of rotatable bonds is 20. The van der Waals surface area contributed by atoms with E-state index in [2.05, 4.69) is 23.8 Å². The van der Waals surface area contributed by atoms with Crippen molar-refractivity contribution >= 4 is 11.9 Å². The average Bonchev–Trinajstić information content (AvgIpc) is 2.74. The summed E-state index contributed by atoms with van der Waals surface area (Å²) in [6.45, 7) is 14.1. The lowest BCUT2D eigenvalue weighted by atomic mass is 10.3. The monoisotopic (exact) mass is 446 g/mol. The highest BCUT2D eigenvalue weighted by atomic mass is 16.6. The van der Waals surface area contributed by atoms with Crippen LogP contribution in [0.2, 0.25) is 0 Å². The molecule has 0 aromatic carbocycles. The van der Waals surface area contributed by atoms with Gasteiger partial charge in [0.25, 0.3) is 0 Å². The van der Waals surface area contributed by atoms with E-state index in [-0.39, 0.29) is 19.3 Å². The van der Waals surface area contributed by atoms with Gasteiger partial charge in [0.1, 0.15) is 25.4 Å². The Morgan fingerprint density at radius 2 is 1.32 bits per heavy atom. The molecule has 31 heavy (non-hydrogen) atoms. The van der Waals surface area contributed by atoms with Gasteiger partial charge in [-0.2, -0.15) is 0 Å². The molecule has 180 valence electrons. The molecule has 0 aliphatic rings. The van der Waals surface area contributed by atoms with Gasteiger partial charge < -0.3 is 39.4 Å². The lowest BCUT2D eigenvalue weighted by molar-refractivity contribution is -0.142. The van der Waals surface area contributed by atoms with Gasteiger partial charge in [-0.3, -0.25) is 0 Å². The molecule has 2 unspecified atom stereocenters. The zero-order valence-corrected chi connectivity index (χ0v) is 18.9. The smallest absolute Gasteiger partial charge is 0.333 e. The number of aliphatic hydroxyl groups is 1. The van der Waals surface area contributed by atoms with Crippen molar-refractivity contribution in [1.82, 2.24) is 10.6 Å². The fourth-order valence-corrected chi connectivity index (χ4v) is 2.00. The van der Waals surface area contributed by atoms with Crippen molar-refractivity contribution in [3.8, 4) is 0 Å². The summed E-state index contributed by atoms with van der Waals surface area (Å²) in [4.78, 5) is 22.6. The van der Waals surface area contributed by atoms with E-state index in [1.165, 1.54) is 0 Å². The molecule has 0 bridgehead atoms. The summed E-state index contributed by atoms with van der Waals surface area (Å²) in [6, 6.07) is 0. The number of hydrogen-bond acceptors (Lipinski definition) is 10. The second kappa shape index (κ2) is 18.9. The van der Waals surface area contributed by atoms with Gasteiger partial charge in [0.05, 0.1) is 26.4 Å². The topological polar surface area (TPSA) is 125 Å². The van der Waals surface area contributed by atoms with E-state index in [4.69, 9.17) is 23.7 Å². The van der Waals surface area contributed by atoms with Crippen LogP contribution in [-0.2, 0) is 33.3 Å². The molecule has 0 rings (SSSR count). The fourth-order valence-electron chi connectivity index (χ4n) is 2.00. The predicted molar refractivity (Wildman–Crippen MR) is 116 cm³/mol. The van der Waals surface area contributed by atoms with Crippen LogP contribution in [0, 0.1) is 0 Å². The summed E-state index contributed by atoms with van der Waals surface area (Å²) in [6.07, 6.45) is -1.02. The summed E-state index contributed by atoms with van der Waals surface area (Å²) in [7, 11) is 1.56. The standard InChI is InChI=1S/C21H38N2O8/c1-16(2)20(25)30-14-18(24)12-22-6-8-28-10-11-29-9-7-23-13-19(27-5)15-31-21(26)17(3)4/h18-19,22-24H,1,3,6-15H2,2,4-5H3. The molecule has 0 aromatic rings. The number of ether oxygens (including phenoxy) is 5. The Bertz CT molecular complexity index is 541. The van der Waals surface area contributed by atoms with Crippen LogP contribution < -0.4 is 10.6 Å². The van der Waals surface area contributed by atoms with Gasteiger partial charge in [0, 0.05) is 44.4 Å². The molecule has 0 aromatic heterocycles. The van der Waals surface area contributed by atoms with Gasteiger partial charge in [-0.25, -0.2) is 9.59 Å². The van der Waals surface area contributed by atoms with Gasteiger partial charge in [-0.1, -0.05) is 13.2 Å². The van der Waals surface area contributed by atoms with Gasteiger partial charge in [-0.05, 0) is 13.8 Å². The van der Waals surface area contributed by atoms with Crippen LogP contribution in [0.4, 0.5) is 0 Å². The minimum atomic E-state index is -0.782. The molecule has 0 saturated carbocycles. The van der Waals surface area contributed by atoms with E-state index < -0.39 is 18.0 Å². The van der Waals surface area contributed by atoms with E-state index in [0.717, 1.165) is 0 Å². The van der Waals surface area contributed by atoms with Crippen molar-refractivity contribution in [3.63, 3.8) is 0 Å². The normalized spacial score (nSPS) is 12.8. The molecule has 0 heterocycles.